The van der Waals surface area contributed by atoms with Crippen molar-refractivity contribution in [3.8, 4) is 6.07 Å². The number of rotatable bonds is 3. The molecule has 0 aliphatic rings. The minimum Gasteiger partial charge on any atom is -0.369 e. The second-order valence-corrected chi connectivity index (χ2v) is 5.91. The Morgan fingerprint density at radius 3 is 2.83 bits per heavy atom. The fourth-order valence-electron chi connectivity index (χ4n) is 1.65. The molecule has 92 valence electrons. The first-order valence-corrected chi connectivity index (χ1v) is 7.09. The molecule has 0 atom stereocenters. The van der Waals surface area contributed by atoms with Gasteiger partial charge in [0, 0.05) is 22.6 Å². The van der Waals surface area contributed by atoms with Gasteiger partial charge in [0.25, 0.3) is 0 Å². The third-order valence-corrected chi connectivity index (χ3v) is 4.06. The summed E-state index contributed by atoms with van der Waals surface area (Å²) in [5.41, 5.74) is 2.78. The molecule has 3 nitrogen and oxygen atoms in total. The molecule has 2 rings (SSSR count). The quantitative estimate of drug-likeness (QED) is 0.864. The normalized spacial score (nSPS) is 10.1. The molecule has 0 aliphatic heterocycles. The molecule has 0 saturated carbocycles. The van der Waals surface area contributed by atoms with Crippen molar-refractivity contribution >= 4 is 33.0 Å². The molecule has 1 heterocycles. The minimum atomic E-state index is 0.650. The molecule has 0 amide bonds. The third kappa shape index (κ3) is 2.89. The second kappa shape index (κ2) is 5.51. The van der Waals surface area contributed by atoms with E-state index in [0.717, 1.165) is 27.4 Å². The molecule has 0 aliphatic carbocycles. The second-order valence-electron chi connectivity index (χ2n) is 3.99. The zero-order chi connectivity index (χ0) is 13.1. The van der Waals surface area contributed by atoms with E-state index in [2.05, 4.69) is 37.3 Å². The molecule has 1 aromatic heterocycles. The van der Waals surface area contributed by atoms with E-state index in [4.69, 9.17) is 5.26 Å². The Labute approximate surface area is 119 Å². The lowest BCUT2D eigenvalue weighted by molar-refractivity contribution is 0.890. The molecule has 2 aromatic rings. The van der Waals surface area contributed by atoms with Crippen LogP contribution in [0.25, 0.3) is 0 Å². The van der Waals surface area contributed by atoms with Crippen LogP contribution in [0.4, 0.5) is 5.69 Å². The van der Waals surface area contributed by atoms with Gasteiger partial charge in [0.1, 0.15) is 6.07 Å². The average Bonchev–Trinajstić information content (AvgIpc) is 2.74. The van der Waals surface area contributed by atoms with E-state index in [1.807, 2.05) is 32.2 Å². The molecule has 0 spiro atoms. The predicted molar refractivity (Wildman–Crippen MR) is 77.8 cm³/mol. The number of halogens is 1. The van der Waals surface area contributed by atoms with E-state index in [9.17, 15) is 0 Å². The van der Waals surface area contributed by atoms with Crippen LogP contribution >= 0.6 is 27.3 Å². The van der Waals surface area contributed by atoms with Crippen LogP contribution in [0, 0.1) is 18.3 Å². The van der Waals surface area contributed by atoms with E-state index < -0.39 is 0 Å². The van der Waals surface area contributed by atoms with Crippen LogP contribution in [0.3, 0.4) is 0 Å². The summed E-state index contributed by atoms with van der Waals surface area (Å²) >= 11 is 5.06. The van der Waals surface area contributed by atoms with Gasteiger partial charge < -0.3 is 4.90 Å². The minimum absolute atomic E-state index is 0.650. The number of benzene rings is 1. The van der Waals surface area contributed by atoms with E-state index in [-0.39, 0.29) is 0 Å². The fourth-order valence-corrected chi connectivity index (χ4v) is 2.71. The standard InChI is InChI=1S/C13H12BrN3S/c1-9-16-11(8-18-9)7-17(2)12-4-3-10(6-15)13(14)5-12/h3-5,8H,7H2,1-2H3. The molecule has 0 unspecified atom stereocenters. The van der Waals surface area contributed by atoms with Crippen molar-refractivity contribution in [2.45, 2.75) is 13.5 Å². The Hall–Kier alpha value is -1.38. The number of hydrogen-bond acceptors (Lipinski definition) is 4. The van der Waals surface area contributed by atoms with Gasteiger partial charge in [-0.3, -0.25) is 0 Å². The average molecular weight is 322 g/mol. The Morgan fingerprint density at radius 1 is 1.50 bits per heavy atom. The molecular weight excluding hydrogens is 310 g/mol. The van der Waals surface area contributed by atoms with E-state index in [1.165, 1.54) is 0 Å². The molecule has 0 fully saturated rings. The maximum Gasteiger partial charge on any atom is 0.100 e. The van der Waals surface area contributed by atoms with Gasteiger partial charge >= 0.3 is 0 Å². The van der Waals surface area contributed by atoms with Crippen LogP contribution in [-0.4, -0.2) is 12.0 Å². The summed E-state index contributed by atoms with van der Waals surface area (Å²) in [7, 11) is 2.02. The fraction of sp³-hybridized carbons (Fsp3) is 0.231. The Balaban J connectivity index is 2.16. The van der Waals surface area contributed by atoms with Crippen LogP contribution in [0.5, 0.6) is 0 Å². The summed E-state index contributed by atoms with van der Waals surface area (Å²) in [4.78, 5) is 6.56. The van der Waals surface area contributed by atoms with Crippen LogP contribution in [0.2, 0.25) is 0 Å². The molecule has 5 heteroatoms. The lowest BCUT2D eigenvalue weighted by atomic mass is 10.2. The van der Waals surface area contributed by atoms with Crippen LogP contribution < -0.4 is 4.90 Å². The zero-order valence-electron chi connectivity index (χ0n) is 10.1. The molecule has 18 heavy (non-hydrogen) atoms. The first-order chi connectivity index (χ1) is 8.60. The van der Waals surface area contributed by atoms with Gasteiger partial charge in [0.15, 0.2) is 0 Å². The van der Waals surface area contributed by atoms with E-state index in [1.54, 1.807) is 11.3 Å². The summed E-state index contributed by atoms with van der Waals surface area (Å²) in [6.45, 7) is 2.77. The van der Waals surface area contributed by atoms with Crippen molar-refractivity contribution in [2.24, 2.45) is 0 Å². The monoisotopic (exact) mass is 321 g/mol. The van der Waals surface area contributed by atoms with Crippen molar-refractivity contribution in [2.75, 3.05) is 11.9 Å². The molecule has 0 bridgehead atoms. The van der Waals surface area contributed by atoms with Gasteiger partial charge in [-0.1, -0.05) is 0 Å². The van der Waals surface area contributed by atoms with Gasteiger partial charge in [-0.05, 0) is 41.1 Å². The maximum absolute atomic E-state index is 8.88. The lowest BCUT2D eigenvalue weighted by Gasteiger charge is -2.18. The summed E-state index contributed by atoms with van der Waals surface area (Å²) in [6, 6.07) is 7.86. The largest absolute Gasteiger partial charge is 0.369 e. The van der Waals surface area contributed by atoms with E-state index in [0.29, 0.717) is 5.56 Å². The Bertz CT molecular complexity index is 601. The van der Waals surface area contributed by atoms with Crippen molar-refractivity contribution in [1.29, 1.82) is 5.26 Å². The van der Waals surface area contributed by atoms with Gasteiger partial charge in [-0.2, -0.15) is 5.26 Å². The highest BCUT2D eigenvalue weighted by Gasteiger charge is 2.07. The van der Waals surface area contributed by atoms with Gasteiger partial charge in [-0.15, -0.1) is 11.3 Å². The van der Waals surface area contributed by atoms with Crippen molar-refractivity contribution in [3.05, 3.63) is 44.3 Å². The first-order valence-electron chi connectivity index (χ1n) is 5.42. The predicted octanol–water partition coefficient (Wildman–Crippen LogP) is 3.72. The SMILES string of the molecule is Cc1nc(CN(C)c2ccc(C#N)c(Br)c2)cs1. The van der Waals surface area contributed by atoms with Gasteiger partial charge in [0.2, 0.25) is 0 Å². The van der Waals surface area contributed by atoms with Crippen molar-refractivity contribution in [1.82, 2.24) is 4.98 Å². The number of anilines is 1. The van der Waals surface area contributed by atoms with Gasteiger partial charge in [-0.25, -0.2) is 4.98 Å². The molecular formula is C13H12BrN3S. The molecule has 1 aromatic carbocycles. The Morgan fingerprint density at radius 2 is 2.28 bits per heavy atom. The molecule has 0 saturated heterocycles. The van der Waals surface area contributed by atoms with E-state index >= 15 is 0 Å². The van der Waals surface area contributed by atoms with Crippen LogP contribution in [0.1, 0.15) is 16.3 Å². The van der Waals surface area contributed by atoms with Crippen LogP contribution in [0.15, 0.2) is 28.1 Å². The molecule has 0 N–H and O–H groups in total. The maximum atomic E-state index is 8.88. The smallest absolute Gasteiger partial charge is 0.100 e. The topological polar surface area (TPSA) is 39.9 Å². The number of aryl methyl sites for hydroxylation is 1. The number of hydrogen-bond donors (Lipinski definition) is 0. The van der Waals surface area contributed by atoms with Gasteiger partial charge in [0.05, 0.1) is 22.8 Å². The summed E-state index contributed by atoms with van der Waals surface area (Å²) in [5, 5.41) is 12.0. The third-order valence-electron chi connectivity index (χ3n) is 2.58. The highest BCUT2D eigenvalue weighted by atomic mass is 79.9. The van der Waals surface area contributed by atoms with Crippen LogP contribution in [-0.2, 0) is 6.54 Å². The summed E-state index contributed by atoms with van der Waals surface area (Å²) in [5.74, 6) is 0. The number of aromatic nitrogens is 1. The number of nitrogens with zero attached hydrogens (tertiary/aromatic N) is 3. The summed E-state index contributed by atoms with van der Waals surface area (Å²) < 4.78 is 0.823. The van der Waals surface area contributed by atoms with Crippen molar-refractivity contribution in [3.63, 3.8) is 0 Å². The first kappa shape index (κ1) is 13.1. The highest BCUT2D eigenvalue weighted by molar-refractivity contribution is 9.10. The van der Waals surface area contributed by atoms with Crippen molar-refractivity contribution < 1.29 is 0 Å². The molecule has 0 radical (unpaired) electrons. The lowest BCUT2D eigenvalue weighted by Crippen LogP contribution is -2.16. The zero-order valence-corrected chi connectivity index (χ0v) is 12.5. The summed E-state index contributed by atoms with van der Waals surface area (Å²) in [6.07, 6.45) is 0. The number of thiazole rings is 1. The highest BCUT2D eigenvalue weighted by Crippen LogP contribution is 2.24. The Kier molecular flexibility index (Phi) is 4.00. The number of nitriles is 1.